The fourth-order valence-corrected chi connectivity index (χ4v) is 3.48. The smallest absolute Gasteiger partial charge is 0.411 e. The zero-order chi connectivity index (χ0) is 23.5. The third kappa shape index (κ3) is 5.60. The molecule has 2 aromatic rings. The maximum absolute atomic E-state index is 12.9. The number of ether oxygens (including phenoxy) is 2. The van der Waals surface area contributed by atoms with Gasteiger partial charge in [0.25, 0.3) is 5.91 Å². The molecule has 3 rings (SSSR count). The molecular formula is C23H28N4O5. The second-order valence-corrected chi connectivity index (χ2v) is 8.73. The summed E-state index contributed by atoms with van der Waals surface area (Å²) in [6, 6.07) is 5.77. The van der Waals surface area contributed by atoms with E-state index in [0.717, 1.165) is 5.56 Å². The summed E-state index contributed by atoms with van der Waals surface area (Å²) in [6.45, 7) is 7.33. The van der Waals surface area contributed by atoms with Gasteiger partial charge in [-0.05, 0) is 57.5 Å². The van der Waals surface area contributed by atoms with Gasteiger partial charge in [-0.2, -0.15) is 0 Å². The van der Waals surface area contributed by atoms with E-state index >= 15 is 0 Å². The molecule has 9 nitrogen and oxygen atoms in total. The molecule has 2 atom stereocenters. The van der Waals surface area contributed by atoms with Gasteiger partial charge in [0.15, 0.2) is 0 Å². The van der Waals surface area contributed by atoms with Crippen molar-refractivity contribution in [3.8, 4) is 11.4 Å². The van der Waals surface area contributed by atoms with Gasteiger partial charge in [-0.1, -0.05) is 0 Å². The Balaban J connectivity index is 1.74. The van der Waals surface area contributed by atoms with Gasteiger partial charge in [-0.25, -0.2) is 9.59 Å². The maximum Gasteiger partial charge on any atom is 0.411 e. The second kappa shape index (κ2) is 9.33. The second-order valence-electron chi connectivity index (χ2n) is 8.73. The minimum Gasteiger partial charge on any atom is -0.467 e. The molecule has 0 aromatic carbocycles. The van der Waals surface area contributed by atoms with Crippen LogP contribution in [-0.4, -0.2) is 64.2 Å². The lowest BCUT2D eigenvalue weighted by atomic mass is 10.1. The first-order chi connectivity index (χ1) is 15.1. The molecular weight excluding hydrogens is 412 g/mol. The Morgan fingerprint density at radius 2 is 1.75 bits per heavy atom. The van der Waals surface area contributed by atoms with Gasteiger partial charge in [-0.15, -0.1) is 0 Å². The summed E-state index contributed by atoms with van der Waals surface area (Å²) < 4.78 is 10.3. The molecule has 9 heteroatoms. The van der Waals surface area contributed by atoms with E-state index in [4.69, 9.17) is 9.47 Å². The van der Waals surface area contributed by atoms with Crippen molar-refractivity contribution in [2.45, 2.75) is 51.8 Å². The van der Waals surface area contributed by atoms with Crippen LogP contribution in [0.3, 0.4) is 0 Å². The Kier molecular flexibility index (Phi) is 6.76. The number of esters is 1. The average Bonchev–Trinajstić information content (AvgIpc) is 3.16. The SMILES string of the molecule is COC(=O)[C@@H]1C[C@H](NC(=O)c2ccnc(-c3cc(C)ccn3)c2)CN1C(=O)OC(C)(C)C. The summed E-state index contributed by atoms with van der Waals surface area (Å²) in [6.07, 6.45) is 2.85. The van der Waals surface area contributed by atoms with E-state index in [1.807, 2.05) is 19.1 Å². The average molecular weight is 441 g/mol. The Morgan fingerprint density at radius 1 is 1.09 bits per heavy atom. The van der Waals surface area contributed by atoms with Gasteiger partial charge >= 0.3 is 12.1 Å². The van der Waals surface area contributed by atoms with Crippen LogP contribution in [-0.2, 0) is 14.3 Å². The summed E-state index contributed by atoms with van der Waals surface area (Å²) in [5, 5.41) is 2.90. The Bertz CT molecular complexity index is 1020. The first-order valence-corrected chi connectivity index (χ1v) is 10.3. The first kappa shape index (κ1) is 23.2. The van der Waals surface area contributed by atoms with Crippen molar-refractivity contribution < 1.29 is 23.9 Å². The summed E-state index contributed by atoms with van der Waals surface area (Å²) >= 11 is 0. The third-order valence-corrected chi connectivity index (χ3v) is 4.94. The number of hydrogen-bond acceptors (Lipinski definition) is 7. The monoisotopic (exact) mass is 440 g/mol. The molecule has 0 bridgehead atoms. The van der Waals surface area contributed by atoms with E-state index in [0.29, 0.717) is 17.0 Å². The molecule has 1 aliphatic heterocycles. The number of amides is 2. The normalized spacial score (nSPS) is 18.2. The van der Waals surface area contributed by atoms with Crippen molar-refractivity contribution >= 4 is 18.0 Å². The number of aromatic nitrogens is 2. The first-order valence-electron chi connectivity index (χ1n) is 10.3. The number of hydrogen-bond donors (Lipinski definition) is 1. The van der Waals surface area contributed by atoms with Gasteiger partial charge in [0, 0.05) is 37.0 Å². The lowest BCUT2D eigenvalue weighted by Crippen LogP contribution is -2.44. The van der Waals surface area contributed by atoms with Crippen LogP contribution in [0.15, 0.2) is 36.7 Å². The highest BCUT2D eigenvalue weighted by atomic mass is 16.6. The largest absolute Gasteiger partial charge is 0.467 e. The third-order valence-electron chi connectivity index (χ3n) is 4.94. The summed E-state index contributed by atoms with van der Waals surface area (Å²) in [5.74, 6) is -0.884. The molecule has 2 aromatic heterocycles. The molecule has 0 spiro atoms. The summed E-state index contributed by atoms with van der Waals surface area (Å²) in [4.78, 5) is 47.6. The van der Waals surface area contributed by atoms with E-state index in [1.165, 1.54) is 12.0 Å². The molecule has 32 heavy (non-hydrogen) atoms. The maximum atomic E-state index is 12.9. The fourth-order valence-electron chi connectivity index (χ4n) is 3.48. The number of pyridine rings is 2. The predicted octanol–water partition coefficient (Wildman–Crippen LogP) is 2.73. The van der Waals surface area contributed by atoms with Crippen molar-refractivity contribution in [1.82, 2.24) is 20.2 Å². The highest BCUT2D eigenvalue weighted by Crippen LogP contribution is 2.23. The van der Waals surface area contributed by atoms with Gasteiger partial charge in [0.1, 0.15) is 11.6 Å². The van der Waals surface area contributed by atoms with Crippen LogP contribution < -0.4 is 5.32 Å². The molecule has 1 saturated heterocycles. The number of carbonyl (C=O) groups excluding carboxylic acids is 3. The van der Waals surface area contributed by atoms with Crippen LogP contribution in [0.1, 0.15) is 43.1 Å². The van der Waals surface area contributed by atoms with E-state index < -0.39 is 29.7 Å². The number of carbonyl (C=O) groups is 3. The molecule has 2 amide bonds. The highest BCUT2D eigenvalue weighted by molar-refractivity contribution is 5.95. The Labute approximate surface area is 187 Å². The van der Waals surface area contributed by atoms with E-state index in [9.17, 15) is 14.4 Å². The van der Waals surface area contributed by atoms with Crippen LogP contribution in [0.5, 0.6) is 0 Å². The topological polar surface area (TPSA) is 111 Å². The van der Waals surface area contributed by atoms with E-state index in [1.54, 1.807) is 45.3 Å². The molecule has 170 valence electrons. The zero-order valence-corrected chi connectivity index (χ0v) is 18.9. The molecule has 1 N–H and O–H groups in total. The Hall–Kier alpha value is -3.49. The molecule has 0 unspecified atom stereocenters. The van der Waals surface area contributed by atoms with E-state index in [2.05, 4.69) is 15.3 Å². The minimum absolute atomic E-state index is 0.137. The minimum atomic E-state index is -0.829. The van der Waals surface area contributed by atoms with Crippen molar-refractivity contribution in [3.63, 3.8) is 0 Å². The van der Waals surface area contributed by atoms with Crippen LogP contribution in [0.2, 0.25) is 0 Å². The summed E-state index contributed by atoms with van der Waals surface area (Å²) in [5.41, 5.74) is 1.98. The van der Waals surface area contributed by atoms with Crippen molar-refractivity contribution in [1.29, 1.82) is 0 Å². The van der Waals surface area contributed by atoms with Gasteiger partial charge in [0.05, 0.1) is 18.5 Å². The van der Waals surface area contributed by atoms with Gasteiger partial charge < -0.3 is 14.8 Å². The van der Waals surface area contributed by atoms with Crippen LogP contribution in [0.25, 0.3) is 11.4 Å². The van der Waals surface area contributed by atoms with Crippen molar-refractivity contribution in [2.75, 3.05) is 13.7 Å². The van der Waals surface area contributed by atoms with Gasteiger partial charge in [0.2, 0.25) is 0 Å². The zero-order valence-electron chi connectivity index (χ0n) is 18.9. The highest BCUT2D eigenvalue weighted by Gasteiger charge is 2.42. The fraction of sp³-hybridized carbons (Fsp3) is 0.435. The number of likely N-dealkylation sites (tertiary alicyclic amines) is 1. The standard InChI is InChI=1S/C23H28N4O5/c1-14-6-8-24-17(10-14)18-11-15(7-9-25-18)20(28)26-16-12-19(21(29)31-5)27(13-16)22(30)32-23(2,3)4/h6-11,16,19H,12-13H2,1-5H3,(H,26,28)/t16-,19-/m0/s1. The van der Waals surface area contributed by atoms with E-state index in [-0.39, 0.29) is 18.9 Å². The molecule has 1 aliphatic rings. The quantitative estimate of drug-likeness (QED) is 0.728. The van der Waals surface area contributed by atoms with Crippen LogP contribution in [0, 0.1) is 6.92 Å². The number of nitrogens with one attached hydrogen (secondary N) is 1. The van der Waals surface area contributed by atoms with Crippen molar-refractivity contribution in [3.05, 3.63) is 47.8 Å². The molecule has 1 fully saturated rings. The lowest BCUT2D eigenvalue weighted by molar-refractivity contribution is -0.145. The predicted molar refractivity (Wildman–Crippen MR) is 117 cm³/mol. The Morgan fingerprint density at radius 3 is 2.38 bits per heavy atom. The number of nitrogens with zero attached hydrogens (tertiary/aromatic N) is 3. The molecule has 0 saturated carbocycles. The van der Waals surface area contributed by atoms with Crippen LogP contribution >= 0.6 is 0 Å². The summed E-state index contributed by atoms with van der Waals surface area (Å²) in [7, 11) is 1.26. The number of rotatable bonds is 4. The molecule has 0 radical (unpaired) electrons. The molecule has 0 aliphatic carbocycles. The lowest BCUT2D eigenvalue weighted by Gasteiger charge is -2.27. The van der Waals surface area contributed by atoms with Crippen molar-refractivity contribution in [2.24, 2.45) is 0 Å². The van der Waals surface area contributed by atoms with Crippen LogP contribution in [0.4, 0.5) is 4.79 Å². The number of methoxy groups -OCH3 is 1. The number of aryl methyl sites for hydroxylation is 1. The van der Waals surface area contributed by atoms with Gasteiger partial charge in [-0.3, -0.25) is 19.7 Å². The molecule has 3 heterocycles.